The minimum atomic E-state index is -5.14. The van der Waals surface area contributed by atoms with Gasteiger partial charge >= 0.3 is 18.4 Å². The van der Waals surface area contributed by atoms with E-state index in [1.54, 1.807) is 24.3 Å². The summed E-state index contributed by atoms with van der Waals surface area (Å²) in [5.41, 5.74) is 2.19. The van der Waals surface area contributed by atoms with Crippen molar-refractivity contribution in [2.45, 2.75) is 49.1 Å². The van der Waals surface area contributed by atoms with E-state index < -0.39 is 50.9 Å². The summed E-state index contributed by atoms with van der Waals surface area (Å²) in [5, 5.41) is 14.8. The largest absolute Gasteiger partial charge is 0.573 e. The van der Waals surface area contributed by atoms with E-state index in [0.717, 1.165) is 56.4 Å². The first-order chi connectivity index (χ1) is 22.7. The van der Waals surface area contributed by atoms with E-state index in [0.29, 0.717) is 11.3 Å². The van der Waals surface area contributed by atoms with Crippen molar-refractivity contribution in [1.29, 1.82) is 0 Å². The lowest BCUT2D eigenvalue weighted by molar-refractivity contribution is -0.275. The molecule has 1 aliphatic rings. The maximum atomic E-state index is 13.9. The predicted molar refractivity (Wildman–Crippen MR) is 170 cm³/mol. The summed E-state index contributed by atoms with van der Waals surface area (Å²) >= 11 is 0. The number of carbonyl (C=O) groups is 3. The van der Waals surface area contributed by atoms with Crippen molar-refractivity contribution in [3.05, 3.63) is 95.6 Å². The molecule has 0 aromatic heterocycles. The second-order valence-electron chi connectivity index (χ2n) is 11.0. The number of urea groups is 1. The third-order valence-corrected chi connectivity index (χ3v) is 8.61. The molecule has 256 valence electrons. The summed E-state index contributed by atoms with van der Waals surface area (Å²) in [7, 11) is -3.09. The summed E-state index contributed by atoms with van der Waals surface area (Å²) in [4.78, 5) is 38.6. The minimum Gasteiger partial charge on any atom is -0.467 e. The highest BCUT2D eigenvalue weighted by Gasteiger charge is 2.34. The van der Waals surface area contributed by atoms with Gasteiger partial charge in [0, 0.05) is 23.2 Å². The van der Waals surface area contributed by atoms with Crippen LogP contribution in [0.25, 0.3) is 0 Å². The lowest BCUT2D eigenvalue weighted by Crippen LogP contribution is -2.37. The monoisotopic (exact) mass is 689 g/mol. The predicted octanol–water partition coefficient (Wildman–Crippen LogP) is 5.31. The van der Waals surface area contributed by atoms with Gasteiger partial charge in [-0.2, -0.15) is 0 Å². The Labute approximate surface area is 275 Å². The molecule has 2 atom stereocenters. The van der Waals surface area contributed by atoms with Crippen LogP contribution in [0.3, 0.4) is 0 Å². The number of benzene rings is 3. The van der Waals surface area contributed by atoms with Gasteiger partial charge in [-0.1, -0.05) is 42.5 Å². The van der Waals surface area contributed by atoms with Gasteiger partial charge in [-0.15, -0.1) is 13.2 Å². The van der Waals surface area contributed by atoms with E-state index in [1.165, 1.54) is 17.0 Å². The number of ether oxygens (including phenoxy) is 2. The fourth-order valence-electron chi connectivity index (χ4n) is 5.15. The maximum absolute atomic E-state index is 13.9. The number of sulfone groups is 1. The molecule has 4 rings (SSSR count). The molecule has 1 unspecified atom stereocenters. The van der Waals surface area contributed by atoms with Crippen LogP contribution in [0.4, 0.5) is 29.3 Å². The second kappa shape index (κ2) is 15.3. The quantitative estimate of drug-likeness (QED) is 0.181. The molecule has 0 aliphatic heterocycles. The zero-order chi connectivity index (χ0) is 35.1. The number of para-hydroxylation sites is 1. The van der Waals surface area contributed by atoms with Crippen molar-refractivity contribution in [1.82, 2.24) is 5.32 Å². The molecule has 0 spiro atoms. The highest BCUT2D eigenvalue weighted by molar-refractivity contribution is 7.90. The Hall–Kier alpha value is -4.89. The highest BCUT2D eigenvalue weighted by Crippen LogP contribution is 2.37. The smallest absolute Gasteiger partial charge is 0.467 e. The molecule has 0 fully saturated rings. The van der Waals surface area contributed by atoms with Crippen LogP contribution in [0.15, 0.2) is 83.8 Å². The number of hydrogen-bond acceptors (Lipinski definition) is 8. The molecule has 0 radical (unpaired) electrons. The van der Waals surface area contributed by atoms with Crippen LogP contribution in [0.2, 0.25) is 0 Å². The van der Waals surface area contributed by atoms with Crippen LogP contribution in [-0.4, -0.2) is 63.8 Å². The zero-order valence-corrected chi connectivity index (χ0v) is 26.8. The number of aliphatic hydroxyl groups excluding tert-OH is 1. The van der Waals surface area contributed by atoms with Crippen molar-refractivity contribution in [2.75, 3.05) is 30.1 Å². The van der Waals surface area contributed by atoms with Gasteiger partial charge in [0.25, 0.3) is 5.91 Å². The average Bonchev–Trinajstić information content (AvgIpc) is 3.05. The van der Waals surface area contributed by atoms with Crippen LogP contribution < -0.4 is 20.3 Å². The van der Waals surface area contributed by atoms with Crippen molar-refractivity contribution >= 4 is 39.1 Å². The standard InChI is InChI=1S/C33H34F3N3O8S/c1-46-31(42)27(40)19-37-30(41)23-14-12-21(13-15-23)20-39(26-11-7-6-10-25(26)22-8-4-3-5-9-22)32(43)38-24-16-17-28(47-33(34,35)36)29(18-24)48(2,44)45/h3-4,6-7,10-18,22,27,40H,5,8-9,19-20H2,1-2H3,(H,37,41)(H,38,43)/t22?,27-/m1/s1. The third-order valence-electron chi connectivity index (χ3n) is 7.49. The Balaban J connectivity index is 1.64. The Morgan fingerprint density at radius 3 is 2.38 bits per heavy atom. The number of aliphatic hydroxyl groups is 1. The molecule has 15 heteroatoms. The second-order valence-corrected chi connectivity index (χ2v) is 13.0. The first-order valence-electron chi connectivity index (χ1n) is 14.7. The molecule has 3 N–H and O–H groups in total. The van der Waals surface area contributed by atoms with E-state index in [4.69, 9.17) is 0 Å². The first-order valence-corrected chi connectivity index (χ1v) is 16.6. The molecule has 1 aliphatic carbocycles. The van der Waals surface area contributed by atoms with E-state index in [2.05, 4.69) is 32.3 Å². The number of nitrogens with zero attached hydrogens (tertiary/aromatic N) is 1. The van der Waals surface area contributed by atoms with E-state index in [1.807, 2.05) is 12.1 Å². The van der Waals surface area contributed by atoms with Crippen LogP contribution >= 0.6 is 0 Å². The summed E-state index contributed by atoms with van der Waals surface area (Å²) in [5.74, 6) is -2.29. The topological polar surface area (TPSA) is 151 Å². The minimum absolute atomic E-state index is 0.0113. The number of hydrogen-bond donors (Lipinski definition) is 3. The summed E-state index contributed by atoms with van der Waals surface area (Å²) in [6.07, 6.45) is 0.653. The van der Waals surface area contributed by atoms with E-state index in [-0.39, 0.29) is 30.3 Å². The molecule has 0 saturated carbocycles. The number of rotatable bonds is 11. The molecule has 11 nitrogen and oxygen atoms in total. The van der Waals surface area contributed by atoms with Gasteiger partial charge in [0.05, 0.1) is 20.2 Å². The molecule has 3 aromatic carbocycles. The number of amides is 3. The van der Waals surface area contributed by atoms with Gasteiger partial charge in [-0.3, -0.25) is 9.69 Å². The van der Waals surface area contributed by atoms with Gasteiger partial charge in [0.1, 0.15) is 10.6 Å². The van der Waals surface area contributed by atoms with Crippen molar-refractivity contribution in [3.8, 4) is 5.75 Å². The van der Waals surface area contributed by atoms with Gasteiger partial charge in [0.2, 0.25) is 0 Å². The van der Waals surface area contributed by atoms with Crippen molar-refractivity contribution < 1.29 is 50.6 Å². The lowest BCUT2D eigenvalue weighted by Gasteiger charge is -2.29. The summed E-state index contributed by atoms with van der Waals surface area (Å²) < 4.78 is 71.9. The summed E-state index contributed by atoms with van der Waals surface area (Å²) in [6.45, 7) is -0.374. The SMILES string of the molecule is COC(=O)[C@H](O)CNC(=O)c1ccc(CN(C(=O)Nc2ccc(OC(F)(F)F)c(S(C)(=O)=O)c2)c2ccccc2C2CC=CCC2)cc1. The molecular weight excluding hydrogens is 655 g/mol. The highest BCUT2D eigenvalue weighted by atomic mass is 32.2. The van der Waals surface area contributed by atoms with Crippen LogP contribution in [0, 0.1) is 0 Å². The molecule has 0 bridgehead atoms. The van der Waals surface area contributed by atoms with Gasteiger partial charge in [0.15, 0.2) is 15.9 Å². The van der Waals surface area contributed by atoms with Crippen LogP contribution in [0.5, 0.6) is 5.75 Å². The molecule has 3 aromatic rings. The third kappa shape index (κ3) is 9.58. The average molecular weight is 690 g/mol. The number of anilines is 2. The molecule has 48 heavy (non-hydrogen) atoms. The Morgan fingerprint density at radius 2 is 1.75 bits per heavy atom. The fourth-order valence-corrected chi connectivity index (χ4v) is 5.97. The Morgan fingerprint density at radius 1 is 1.04 bits per heavy atom. The number of carbonyl (C=O) groups excluding carboxylic acids is 3. The van der Waals surface area contributed by atoms with E-state index >= 15 is 0 Å². The normalized spacial score (nSPS) is 15.2. The number of esters is 1. The fraction of sp³-hybridized carbons (Fsp3) is 0.303. The van der Waals surface area contributed by atoms with Gasteiger partial charge in [-0.05, 0) is 72.7 Å². The van der Waals surface area contributed by atoms with Crippen molar-refractivity contribution in [2.24, 2.45) is 0 Å². The van der Waals surface area contributed by atoms with Gasteiger partial charge in [-0.25, -0.2) is 18.0 Å². The van der Waals surface area contributed by atoms with Gasteiger partial charge < -0.3 is 25.2 Å². The first kappa shape index (κ1) is 36.0. The lowest BCUT2D eigenvalue weighted by atomic mass is 9.86. The Bertz CT molecular complexity index is 1780. The molecule has 0 saturated heterocycles. The summed E-state index contributed by atoms with van der Waals surface area (Å²) in [6, 6.07) is 15.7. The zero-order valence-electron chi connectivity index (χ0n) is 26.0. The number of nitrogens with one attached hydrogen (secondary N) is 2. The number of alkyl halides is 3. The van der Waals surface area contributed by atoms with Crippen LogP contribution in [0.1, 0.15) is 46.7 Å². The molecule has 0 heterocycles. The Kier molecular flexibility index (Phi) is 11.5. The number of halogens is 3. The molecular formula is C33H34F3N3O8S. The van der Waals surface area contributed by atoms with E-state index in [9.17, 15) is 41.1 Å². The maximum Gasteiger partial charge on any atom is 0.573 e. The number of methoxy groups -OCH3 is 1. The number of allylic oxidation sites excluding steroid dienone is 2. The van der Waals surface area contributed by atoms with Crippen molar-refractivity contribution in [3.63, 3.8) is 0 Å². The van der Waals surface area contributed by atoms with Crippen LogP contribution in [-0.2, 0) is 25.9 Å². The molecule has 3 amide bonds.